The van der Waals surface area contributed by atoms with E-state index in [1.165, 1.54) is 5.01 Å². The van der Waals surface area contributed by atoms with E-state index in [1.807, 2.05) is 66.7 Å². The summed E-state index contributed by atoms with van der Waals surface area (Å²) in [6, 6.07) is 34.0. The molecule has 1 amide bonds. The van der Waals surface area contributed by atoms with Crippen molar-refractivity contribution in [2.45, 2.75) is 6.04 Å². The summed E-state index contributed by atoms with van der Waals surface area (Å²) >= 11 is 12.8. The van der Waals surface area contributed by atoms with Crippen LogP contribution in [0.1, 0.15) is 37.9 Å². The summed E-state index contributed by atoms with van der Waals surface area (Å²) < 4.78 is 6.05. The molecule has 0 fully saturated rings. The van der Waals surface area contributed by atoms with Gasteiger partial charge in [0.05, 0.1) is 11.3 Å². The number of nitrogens with zero attached hydrogens (tertiary/aromatic N) is 1. The van der Waals surface area contributed by atoms with Gasteiger partial charge in [0.1, 0.15) is 11.8 Å². The Labute approximate surface area is 241 Å². The molecule has 1 aliphatic heterocycles. The highest BCUT2D eigenvalue weighted by molar-refractivity contribution is 6.35. The minimum atomic E-state index is -0.559. The fraction of sp³-hybridized carbons (Fsp3) is 0.0303. The molecule has 0 spiro atoms. The molecule has 0 saturated heterocycles. The van der Waals surface area contributed by atoms with Gasteiger partial charge in [-0.3, -0.25) is 10.2 Å². The van der Waals surface area contributed by atoms with Gasteiger partial charge in [-0.05, 0) is 59.5 Å². The van der Waals surface area contributed by atoms with Gasteiger partial charge in [-0.1, -0.05) is 96.0 Å². The summed E-state index contributed by atoms with van der Waals surface area (Å²) in [5.41, 5.74) is 6.14. The van der Waals surface area contributed by atoms with E-state index in [-0.39, 0.29) is 5.91 Å². The summed E-state index contributed by atoms with van der Waals surface area (Å²) in [5, 5.41) is 4.13. The zero-order chi connectivity index (χ0) is 27.6. The third kappa shape index (κ3) is 4.93. The Hall–Kier alpha value is -4.58. The number of fused-ring (bicyclic) bond motifs is 1. The van der Waals surface area contributed by atoms with Gasteiger partial charge in [-0.2, -0.15) is 0 Å². The van der Waals surface area contributed by atoms with Crippen molar-refractivity contribution in [1.29, 1.82) is 0 Å². The van der Waals surface area contributed by atoms with Crippen molar-refractivity contribution in [1.82, 2.24) is 10.4 Å². The maximum absolute atomic E-state index is 13.7. The summed E-state index contributed by atoms with van der Waals surface area (Å²) in [6.07, 6.45) is 1.90. The number of ether oxygens (including phenoxy) is 1. The van der Waals surface area contributed by atoms with Crippen LogP contribution in [0.4, 0.5) is 0 Å². The van der Waals surface area contributed by atoms with Crippen LogP contribution in [0.25, 0.3) is 16.5 Å². The Bertz CT molecular complexity index is 1770. The molecule has 0 unspecified atom stereocenters. The van der Waals surface area contributed by atoms with Gasteiger partial charge in [0.2, 0.25) is 0 Å². The van der Waals surface area contributed by atoms with Crippen molar-refractivity contribution < 1.29 is 14.3 Å². The molecule has 5 nitrogen and oxygen atoms in total. The lowest BCUT2D eigenvalue weighted by Crippen LogP contribution is -2.39. The van der Waals surface area contributed by atoms with Gasteiger partial charge in [-0.15, -0.1) is 0 Å². The first-order chi connectivity index (χ1) is 19.5. The molecule has 0 saturated carbocycles. The SMILES string of the molecule is O=C(Oc1c(C2=C[C@H](c3ccc(Cl)cc3Cl)N(C(=O)c3ccccc3)N2)ccc2ccccc12)c1ccccc1. The number of carbonyl (C=O) groups is 2. The van der Waals surface area contributed by atoms with Gasteiger partial charge in [0.15, 0.2) is 0 Å². The third-order valence-corrected chi connectivity index (χ3v) is 7.30. The van der Waals surface area contributed by atoms with Crippen molar-refractivity contribution in [3.8, 4) is 5.75 Å². The lowest BCUT2D eigenvalue weighted by Gasteiger charge is -2.26. The van der Waals surface area contributed by atoms with E-state index in [0.717, 1.165) is 10.8 Å². The Kier molecular flexibility index (Phi) is 6.99. The summed E-state index contributed by atoms with van der Waals surface area (Å²) in [7, 11) is 0. The van der Waals surface area contributed by atoms with E-state index in [1.54, 1.807) is 54.6 Å². The van der Waals surface area contributed by atoms with Crippen molar-refractivity contribution in [3.63, 3.8) is 0 Å². The normalized spacial score (nSPS) is 14.5. The predicted octanol–water partition coefficient (Wildman–Crippen LogP) is 8.11. The minimum absolute atomic E-state index is 0.244. The molecule has 0 aromatic heterocycles. The second kappa shape index (κ2) is 10.9. The first kappa shape index (κ1) is 25.7. The van der Waals surface area contributed by atoms with Crippen LogP contribution < -0.4 is 10.2 Å². The molecular weight excluding hydrogens is 543 g/mol. The van der Waals surface area contributed by atoms with Crippen LogP contribution in [0, 0.1) is 0 Å². The third-order valence-electron chi connectivity index (χ3n) is 6.74. The van der Waals surface area contributed by atoms with E-state index in [2.05, 4.69) is 5.43 Å². The fourth-order valence-corrected chi connectivity index (χ4v) is 5.30. The van der Waals surface area contributed by atoms with E-state index >= 15 is 0 Å². The Balaban J connectivity index is 1.47. The summed E-state index contributed by atoms with van der Waals surface area (Å²) in [6.45, 7) is 0. The molecule has 0 radical (unpaired) electrons. The maximum Gasteiger partial charge on any atom is 0.343 e. The molecule has 0 bridgehead atoms. The van der Waals surface area contributed by atoms with Gasteiger partial charge in [-0.25, -0.2) is 9.80 Å². The molecule has 196 valence electrons. The molecule has 5 aromatic carbocycles. The number of nitrogens with one attached hydrogen (secondary N) is 1. The molecule has 1 heterocycles. The van der Waals surface area contributed by atoms with Crippen molar-refractivity contribution >= 4 is 51.5 Å². The number of hydrazine groups is 1. The second-order valence-corrected chi connectivity index (χ2v) is 10.1. The molecule has 40 heavy (non-hydrogen) atoms. The van der Waals surface area contributed by atoms with Crippen LogP contribution in [0.5, 0.6) is 5.75 Å². The zero-order valence-electron chi connectivity index (χ0n) is 21.1. The van der Waals surface area contributed by atoms with E-state index in [4.69, 9.17) is 27.9 Å². The lowest BCUT2D eigenvalue weighted by molar-refractivity contribution is 0.0670. The van der Waals surface area contributed by atoms with Crippen LogP contribution in [0.15, 0.2) is 121 Å². The molecule has 1 aliphatic rings. The van der Waals surface area contributed by atoms with Crippen molar-refractivity contribution in [2.75, 3.05) is 0 Å². The highest BCUT2D eigenvalue weighted by Crippen LogP contribution is 2.41. The number of hydrogen-bond acceptors (Lipinski definition) is 4. The number of rotatable bonds is 5. The first-order valence-electron chi connectivity index (χ1n) is 12.6. The van der Waals surface area contributed by atoms with Crippen LogP contribution in [-0.2, 0) is 0 Å². The quantitative estimate of drug-likeness (QED) is 0.173. The number of carbonyl (C=O) groups excluding carboxylic acids is 2. The summed E-state index contributed by atoms with van der Waals surface area (Å²) in [5.74, 6) is -0.335. The monoisotopic (exact) mass is 564 g/mol. The largest absolute Gasteiger partial charge is 0.422 e. The predicted molar refractivity (Wildman–Crippen MR) is 158 cm³/mol. The second-order valence-electron chi connectivity index (χ2n) is 9.26. The number of esters is 1. The van der Waals surface area contributed by atoms with Crippen LogP contribution in [0.3, 0.4) is 0 Å². The van der Waals surface area contributed by atoms with Crippen molar-refractivity contribution in [2.24, 2.45) is 0 Å². The van der Waals surface area contributed by atoms with E-state index in [9.17, 15) is 9.59 Å². The minimum Gasteiger partial charge on any atom is -0.422 e. The smallest absolute Gasteiger partial charge is 0.343 e. The van der Waals surface area contributed by atoms with Crippen molar-refractivity contribution in [3.05, 3.63) is 154 Å². The molecule has 5 aromatic rings. The van der Waals surface area contributed by atoms with Gasteiger partial charge in [0, 0.05) is 26.6 Å². The highest BCUT2D eigenvalue weighted by Gasteiger charge is 2.34. The van der Waals surface area contributed by atoms with Crippen LogP contribution >= 0.6 is 23.2 Å². The zero-order valence-corrected chi connectivity index (χ0v) is 22.6. The fourth-order valence-electron chi connectivity index (χ4n) is 4.78. The summed E-state index contributed by atoms with van der Waals surface area (Å²) in [4.78, 5) is 26.9. The highest BCUT2D eigenvalue weighted by atomic mass is 35.5. The first-order valence-corrected chi connectivity index (χ1v) is 13.4. The Morgan fingerprint density at radius 2 is 1.43 bits per heavy atom. The molecule has 1 N–H and O–H groups in total. The average molecular weight is 565 g/mol. The molecular formula is C33H22Cl2N2O3. The van der Waals surface area contributed by atoms with Gasteiger partial charge < -0.3 is 4.74 Å². The van der Waals surface area contributed by atoms with Crippen LogP contribution in [-0.4, -0.2) is 16.9 Å². The number of benzene rings is 5. The molecule has 0 aliphatic carbocycles. The van der Waals surface area contributed by atoms with Crippen LogP contribution in [0.2, 0.25) is 10.0 Å². The number of halogens is 2. The van der Waals surface area contributed by atoms with Gasteiger partial charge in [0.25, 0.3) is 5.91 Å². The topological polar surface area (TPSA) is 58.6 Å². The Morgan fingerprint density at radius 1 is 0.750 bits per heavy atom. The lowest BCUT2D eigenvalue weighted by atomic mass is 10.0. The number of hydrogen-bond donors (Lipinski definition) is 1. The number of amides is 1. The standard InChI is InChI=1S/C33H22Cl2N2O3/c34-24-16-18-26(28(35)19-24)30-20-29(36-37(30)32(38)22-10-3-1-4-11-22)27-17-15-21-9-7-8-14-25(21)31(27)40-33(39)23-12-5-2-6-13-23/h1-20,30,36H/t30-/m1/s1. The molecule has 7 heteroatoms. The maximum atomic E-state index is 13.7. The average Bonchev–Trinajstić information content (AvgIpc) is 3.42. The molecule has 6 rings (SSSR count). The van der Waals surface area contributed by atoms with Gasteiger partial charge >= 0.3 is 5.97 Å². The van der Waals surface area contributed by atoms with E-state index in [0.29, 0.717) is 43.7 Å². The Morgan fingerprint density at radius 3 is 2.15 bits per heavy atom. The molecule has 1 atom stereocenters. The van der Waals surface area contributed by atoms with E-state index < -0.39 is 12.0 Å².